The molecule has 1 aromatic rings. The van der Waals surface area contributed by atoms with E-state index in [-0.39, 0.29) is 12.3 Å². The summed E-state index contributed by atoms with van der Waals surface area (Å²) in [6.07, 6.45) is -0.619. The van der Waals surface area contributed by atoms with Gasteiger partial charge in [-0.25, -0.2) is 4.79 Å². The molecule has 94 valence electrons. The molecule has 7 heteroatoms. The van der Waals surface area contributed by atoms with Crippen LogP contribution in [0.5, 0.6) is 0 Å². The maximum atomic E-state index is 11.6. The topological polar surface area (TPSA) is 81.2 Å². The highest BCUT2D eigenvalue weighted by atomic mass is 32.1. The average molecular weight is 257 g/mol. The number of nitrogens with one attached hydrogen (secondary N) is 1. The molecule has 0 aromatic carbocycles. The predicted octanol–water partition coefficient (Wildman–Crippen LogP) is 1.55. The van der Waals surface area contributed by atoms with Crippen LogP contribution in [0.2, 0.25) is 0 Å². The van der Waals surface area contributed by atoms with Gasteiger partial charge in [0.15, 0.2) is 0 Å². The van der Waals surface area contributed by atoms with Gasteiger partial charge < -0.3 is 10.1 Å². The lowest BCUT2D eigenvalue weighted by Gasteiger charge is -2.19. The summed E-state index contributed by atoms with van der Waals surface area (Å²) < 4.78 is 12.7. The summed E-state index contributed by atoms with van der Waals surface area (Å²) >= 11 is 0.974. The van der Waals surface area contributed by atoms with E-state index in [0.717, 1.165) is 11.7 Å². The Bertz CT molecular complexity index is 423. The van der Waals surface area contributed by atoms with E-state index < -0.39 is 11.7 Å². The molecule has 0 bridgehead atoms. The number of ketones is 1. The summed E-state index contributed by atoms with van der Waals surface area (Å²) in [6, 6.07) is 0. The third-order valence-corrected chi connectivity index (χ3v) is 2.33. The van der Waals surface area contributed by atoms with Crippen molar-refractivity contribution in [1.82, 2.24) is 14.1 Å². The van der Waals surface area contributed by atoms with Crippen LogP contribution < -0.4 is 5.32 Å². The fraction of sp³-hybridized carbons (Fsp3) is 0.600. The Kier molecular flexibility index (Phi) is 4.17. The van der Waals surface area contributed by atoms with Gasteiger partial charge in [0.1, 0.15) is 11.3 Å². The Hall–Kier alpha value is -1.50. The first-order chi connectivity index (χ1) is 7.79. The minimum Gasteiger partial charge on any atom is -0.444 e. The molecule has 1 heterocycles. The summed E-state index contributed by atoms with van der Waals surface area (Å²) in [5.74, 6) is -0.276. The number of rotatable bonds is 3. The van der Waals surface area contributed by atoms with E-state index in [9.17, 15) is 9.59 Å². The number of ether oxygens (including phenoxy) is 1. The van der Waals surface area contributed by atoms with Crippen molar-refractivity contribution in [2.45, 2.75) is 33.3 Å². The molecule has 1 N–H and O–H groups in total. The Morgan fingerprint density at radius 2 is 2.00 bits per heavy atom. The monoisotopic (exact) mass is 257 g/mol. The molecule has 1 amide bonds. The van der Waals surface area contributed by atoms with E-state index in [0.29, 0.717) is 11.4 Å². The predicted molar refractivity (Wildman–Crippen MR) is 63.2 cm³/mol. The van der Waals surface area contributed by atoms with E-state index in [2.05, 4.69) is 14.1 Å². The van der Waals surface area contributed by atoms with Gasteiger partial charge in [0.25, 0.3) is 0 Å². The largest absolute Gasteiger partial charge is 0.444 e. The van der Waals surface area contributed by atoms with Crippen LogP contribution in [-0.4, -0.2) is 32.8 Å². The maximum absolute atomic E-state index is 11.6. The Balaban J connectivity index is 2.45. The third-order valence-electron chi connectivity index (χ3n) is 1.71. The van der Waals surface area contributed by atoms with E-state index in [1.807, 2.05) is 0 Å². The fourth-order valence-corrected chi connectivity index (χ4v) is 1.60. The summed E-state index contributed by atoms with van der Waals surface area (Å²) in [7, 11) is 0. The van der Waals surface area contributed by atoms with E-state index >= 15 is 0 Å². The van der Waals surface area contributed by atoms with Crippen LogP contribution in [0.3, 0.4) is 0 Å². The summed E-state index contributed by atoms with van der Waals surface area (Å²) in [6.45, 7) is 6.82. The van der Waals surface area contributed by atoms with Crippen molar-refractivity contribution in [3.8, 4) is 0 Å². The van der Waals surface area contributed by atoms with Gasteiger partial charge >= 0.3 is 6.09 Å². The van der Waals surface area contributed by atoms with Crippen LogP contribution >= 0.6 is 11.7 Å². The average Bonchev–Trinajstić information content (AvgIpc) is 2.58. The van der Waals surface area contributed by atoms with Crippen LogP contribution in [0.4, 0.5) is 4.79 Å². The quantitative estimate of drug-likeness (QED) is 0.831. The molecule has 0 aliphatic heterocycles. The van der Waals surface area contributed by atoms with Gasteiger partial charge in [0, 0.05) is 0 Å². The number of alkyl carbamates (subject to hydrolysis) is 1. The van der Waals surface area contributed by atoms with Gasteiger partial charge in [-0.2, -0.15) is 8.75 Å². The molecular weight excluding hydrogens is 242 g/mol. The van der Waals surface area contributed by atoms with Crippen molar-refractivity contribution in [3.05, 3.63) is 11.4 Å². The number of Topliss-reactive ketones (excluding diaryl/α,β-unsaturated/α-hetero) is 1. The molecule has 0 unspecified atom stereocenters. The van der Waals surface area contributed by atoms with Gasteiger partial charge in [-0.1, -0.05) is 0 Å². The van der Waals surface area contributed by atoms with Crippen molar-refractivity contribution < 1.29 is 14.3 Å². The molecular formula is C10H15N3O3S. The second-order valence-electron chi connectivity index (χ2n) is 4.48. The minimum atomic E-state index is -0.619. The number of carbonyl (C=O) groups excluding carboxylic acids is 2. The first-order valence-corrected chi connectivity index (χ1v) is 5.82. The van der Waals surface area contributed by atoms with Crippen molar-refractivity contribution in [1.29, 1.82) is 0 Å². The zero-order valence-electron chi connectivity index (χ0n) is 10.2. The number of carbonyl (C=O) groups is 2. The van der Waals surface area contributed by atoms with Gasteiger partial charge in [-0.05, 0) is 27.7 Å². The lowest BCUT2D eigenvalue weighted by Crippen LogP contribution is -2.35. The maximum Gasteiger partial charge on any atom is 0.408 e. The molecule has 0 radical (unpaired) electrons. The Morgan fingerprint density at radius 3 is 2.47 bits per heavy atom. The number of aryl methyl sites for hydroxylation is 1. The Labute approximate surface area is 104 Å². The zero-order chi connectivity index (χ0) is 13.1. The van der Waals surface area contributed by atoms with E-state index in [1.54, 1.807) is 27.7 Å². The standard InChI is InChI=1S/C10H15N3O3S/c1-6-8(13-17-12-6)7(14)5-11-9(15)16-10(2,3)4/h5H2,1-4H3,(H,11,15). The minimum absolute atomic E-state index is 0.138. The second-order valence-corrected chi connectivity index (χ2v) is 5.01. The Morgan fingerprint density at radius 1 is 1.35 bits per heavy atom. The van der Waals surface area contributed by atoms with Crippen molar-refractivity contribution in [3.63, 3.8) is 0 Å². The van der Waals surface area contributed by atoms with Crippen LogP contribution in [-0.2, 0) is 4.74 Å². The summed E-state index contributed by atoms with van der Waals surface area (Å²) in [4.78, 5) is 22.9. The molecule has 0 saturated carbocycles. The molecule has 0 saturated heterocycles. The number of aromatic nitrogens is 2. The molecule has 0 aliphatic rings. The second kappa shape index (κ2) is 5.22. The molecule has 0 fully saturated rings. The van der Waals surface area contributed by atoms with Crippen molar-refractivity contribution in [2.24, 2.45) is 0 Å². The smallest absolute Gasteiger partial charge is 0.408 e. The zero-order valence-corrected chi connectivity index (χ0v) is 11.1. The highest BCUT2D eigenvalue weighted by Crippen LogP contribution is 2.07. The normalized spacial score (nSPS) is 11.1. The highest BCUT2D eigenvalue weighted by Gasteiger charge is 2.18. The fourth-order valence-electron chi connectivity index (χ4n) is 1.03. The third kappa shape index (κ3) is 4.48. The molecule has 0 spiro atoms. The molecule has 6 nitrogen and oxygen atoms in total. The van der Waals surface area contributed by atoms with Gasteiger partial charge in [0.2, 0.25) is 5.78 Å². The first kappa shape index (κ1) is 13.6. The number of nitrogens with zero attached hydrogens (tertiary/aromatic N) is 2. The highest BCUT2D eigenvalue weighted by molar-refractivity contribution is 6.99. The van der Waals surface area contributed by atoms with E-state index in [4.69, 9.17) is 4.74 Å². The number of hydrogen-bond donors (Lipinski definition) is 1. The summed E-state index contributed by atoms with van der Waals surface area (Å²) in [5.41, 5.74) is 0.294. The van der Waals surface area contributed by atoms with Crippen LogP contribution in [0, 0.1) is 6.92 Å². The lowest BCUT2D eigenvalue weighted by molar-refractivity contribution is 0.0520. The van der Waals surface area contributed by atoms with Gasteiger partial charge in [0.05, 0.1) is 24.0 Å². The van der Waals surface area contributed by atoms with Gasteiger partial charge in [-0.15, -0.1) is 0 Å². The van der Waals surface area contributed by atoms with Crippen molar-refractivity contribution >= 4 is 23.6 Å². The number of hydrogen-bond acceptors (Lipinski definition) is 6. The van der Waals surface area contributed by atoms with Crippen LogP contribution in [0.1, 0.15) is 37.0 Å². The van der Waals surface area contributed by atoms with Gasteiger partial charge in [-0.3, -0.25) is 4.79 Å². The molecule has 0 aliphatic carbocycles. The van der Waals surface area contributed by atoms with Crippen LogP contribution in [0.25, 0.3) is 0 Å². The number of amides is 1. The first-order valence-electron chi connectivity index (χ1n) is 5.09. The lowest BCUT2D eigenvalue weighted by atomic mass is 10.2. The molecule has 0 atom stereocenters. The summed E-state index contributed by atoms with van der Waals surface area (Å²) in [5, 5.41) is 2.38. The van der Waals surface area contributed by atoms with Crippen molar-refractivity contribution in [2.75, 3.05) is 6.54 Å². The van der Waals surface area contributed by atoms with E-state index in [1.165, 1.54) is 0 Å². The SMILES string of the molecule is Cc1nsnc1C(=O)CNC(=O)OC(C)(C)C. The van der Waals surface area contributed by atoms with Crippen LogP contribution in [0.15, 0.2) is 0 Å². The molecule has 17 heavy (non-hydrogen) atoms. The molecule has 1 aromatic heterocycles. The molecule has 1 rings (SSSR count).